The third kappa shape index (κ3) is 3.49. The van der Waals surface area contributed by atoms with Gasteiger partial charge in [0.1, 0.15) is 0 Å². The third-order valence-corrected chi connectivity index (χ3v) is 10.7. The molecule has 4 saturated carbocycles. The Morgan fingerprint density at radius 1 is 0.970 bits per heavy atom. The Morgan fingerprint density at radius 2 is 1.64 bits per heavy atom. The van der Waals surface area contributed by atoms with Gasteiger partial charge in [0.25, 0.3) is 0 Å². The largest absolute Gasteiger partial charge is 0.411 e. The molecule has 2 aromatic carbocycles. The van der Waals surface area contributed by atoms with Crippen LogP contribution in [0, 0.1) is 29.1 Å². The van der Waals surface area contributed by atoms with Crippen LogP contribution in [-0.4, -0.2) is 42.0 Å². The summed E-state index contributed by atoms with van der Waals surface area (Å²) in [5, 5.41) is 16.8. The Morgan fingerprint density at radius 3 is 2.30 bits per heavy atom. The molecule has 1 N–H and O–H groups in total. The standard InChI is InChI=1S/C28H35N3OS/c32-29-26(28-14-20-11-21(15-28)13-22(12-20)16-28)18-30-9-7-19(8-10-30)17-31-24-5-1-3-23-4-2-6-25(33-31)27(23)24/h1-6,19-22,32H,7-18H2. The molecular formula is C28H35N3OS. The molecule has 0 unspecified atom stereocenters. The van der Waals surface area contributed by atoms with Crippen molar-refractivity contribution >= 4 is 34.1 Å². The fourth-order valence-electron chi connectivity index (χ4n) is 8.42. The zero-order valence-corrected chi connectivity index (χ0v) is 20.3. The van der Waals surface area contributed by atoms with Crippen LogP contribution >= 0.6 is 11.9 Å². The van der Waals surface area contributed by atoms with Crippen LogP contribution in [0.25, 0.3) is 10.8 Å². The number of nitrogens with zero attached hydrogens (tertiary/aromatic N) is 3. The van der Waals surface area contributed by atoms with Crippen LogP contribution in [0.1, 0.15) is 51.4 Å². The van der Waals surface area contributed by atoms with Crippen molar-refractivity contribution in [3.8, 4) is 0 Å². The van der Waals surface area contributed by atoms with Gasteiger partial charge in [-0.3, -0.25) is 4.90 Å². The molecule has 5 fully saturated rings. The lowest BCUT2D eigenvalue weighted by molar-refractivity contribution is -0.0158. The van der Waals surface area contributed by atoms with E-state index in [1.807, 2.05) is 11.9 Å². The summed E-state index contributed by atoms with van der Waals surface area (Å²) in [6.07, 6.45) is 10.7. The van der Waals surface area contributed by atoms with Gasteiger partial charge in [0.05, 0.1) is 11.4 Å². The molecule has 33 heavy (non-hydrogen) atoms. The molecular weight excluding hydrogens is 426 g/mol. The minimum atomic E-state index is 0.219. The van der Waals surface area contributed by atoms with E-state index in [9.17, 15) is 5.21 Å². The van der Waals surface area contributed by atoms with Crippen LogP contribution in [-0.2, 0) is 0 Å². The van der Waals surface area contributed by atoms with Crippen molar-refractivity contribution in [1.29, 1.82) is 0 Å². The number of rotatable bonds is 5. The molecule has 2 aliphatic heterocycles. The van der Waals surface area contributed by atoms with Gasteiger partial charge in [-0.15, -0.1) is 0 Å². The highest BCUT2D eigenvalue weighted by Crippen LogP contribution is 2.60. The van der Waals surface area contributed by atoms with Gasteiger partial charge in [0, 0.05) is 28.8 Å². The van der Waals surface area contributed by atoms with E-state index >= 15 is 0 Å². The molecule has 1 saturated heterocycles. The van der Waals surface area contributed by atoms with Crippen molar-refractivity contribution < 1.29 is 5.21 Å². The first-order chi connectivity index (χ1) is 16.2. The third-order valence-electron chi connectivity index (χ3n) is 9.60. The number of hydrogen-bond acceptors (Lipinski definition) is 5. The summed E-state index contributed by atoms with van der Waals surface area (Å²) < 4.78 is 2.54. The van der Waals surface area contributed by atoms with E-state index in [0.29, 0.717) is 0 Å². The number of oxime groups is 1. The number of benzene rings is 2. The van der Waals surface area contributed by atoms with Crippen LogP contribution in [0.2, 0.25) is 0 Å². The smallest absolute Gasteiger partial charge is 0.0772 e. The van der Waals surface area contributed by atoms with Crippen molar-refractivity contribution in [3.63, 3.8) is 0 Å². The normalized spacial score (nSPS) is 34.0. The number of hydrogen-bond donors (Lipinski definition) is 1. The van der Waals surface area contributed by atoms with Crippen molar-refractivity contribution in [2.24, 2.45) is 34.2 Å². The molecule has 174 valence electrons. The molecule has 5 heteroatoms. The Kier molecular flexibility index (Phi) is 4.95. The highest BCUT2D eigenvalue weighted by molar-refractivity contribution is 8.01. The predicted octanol–water partition coefficient (Wildman–Crippen LogP) is 6.43. The summed E-state index contributed by atoms with van der Waals surface area (Å²) in [6.45, 7) is 4.28. The van der Waals surface area contributed by atoms with E-state index in [2.05, 4.69) is 50.8 Å². The lowest BCUT2D eigenvalue weighted by Gasteiger charge is -2.57. The zero-order valence-electron chi connectivity index (χ0n) is 19.5. The molecule has 4 nitrogen and oxygen atoms in total. The quantitative estimate of drug-likeness (QED) is 0.241. The summed E-state index contributed by atoms with van der Waals surface area (Å²) in [7, 11) is 0. The highest BCUT2D eigenvalue weighted by Gasteiger charge is 2.53. The summed E-state index contributed by atoms with van der Waals surface area (Å²) >= 11 is 1.92. The van der Waals surface area contributed by atoms with Gasteiger partial charge >= 0.3 is 0 Å². The number of piperidine rings is 1. The van der Waals surface area contributed by atoms with Crippen molar-refractivity contribution in [2.45, 2.75) is 56.3 Å². The van der Waals surface area contributed by atoms with Gasteiger partial charge in [-0.05, 0) is 118 Å². The number of anilines is 1. The maximum atomic E-state index is 10.1. The van der Waals surface area contributed by atoms with Crippen LogP contribution in [0.4, 0.5) is 5.69 Å². The fraction of sp³-hybridized carbons (Fsp3) is 0.607. The second-order valence-corrected chi connectivity index (χ2v) is 12.8. The summed E-state index contributed by atoms with van der Waals surface area (Å²) in [6, 6.07) is 13.4. The van der Waals surface area contributed by atoms with Gasteiger partial charge < -0.3 is 9.51 Å². The molecule has 0 radical (unpaired) electrons. The SMILES string of the molecule is ON=C(CN1CCC(CN2Sc3cccc4cccc2c34)CC1)C12CC3CC(CC(C3)C1)C2. The minimum Gasteiger partial charge on any atom is -0.411 e. The Bertz CT molecular complexity index is 1050. The molecule has 8 rings (SSSR count). The van der Waals surface area contributed by atoms with E-state index in [-0.39, 0.29) is 5.41 Å². The van der Waals surface area contributed by atoms with Gasteiger partial charge in [-0.2, -0.15) is 0 Å². The molecule has 0 amide bonds. The molecule has 0 atom stereocenters. The minimum absolute atomic E-state index is 0.219. The van der Waals surface area contributed by atoms with E-state index in [4.69, 9.17) is 0 Å². The lowest BCUT2D eigenvalue weighted by atomic mass is 9.48. The first-order valence-corrected chi connectivity index (χ1v) is 13.9. The van der Waals surface area contributed by atoms with E-state index in [1.165, 1.54) is 72.7 Å². The second-order valence-electron chi connectivity index (χ2n) is 11.7. The summed E-state index contributed by atoms with van der Waals surface area (Å²) in [5.74, 6) is 3.41. The molecule has 2 aromatic rings. The van der Waals surface area contributed by atoms with Gasteiger partial charge in [0.15, 0.2) is 0 Å². The Balaban J connectivity index is 0.986. The van der Waals surface area contributed by atoms with Crippen LogP contribution in [0.5, 0.6) is 0 Å². The van der Waals surface area contributed by atoms with Gasteiger partial charge in [-0.1, -0.05) is 29.4 Å². The van der Waals surface area contributed by atoms with E-state index < -0.39 is 0 Å². The molecule has 4 bridgehead atoms. The van der Waals surface area contributed by atoms with Crippen LogP contribution < -0.4 is 4.31 Å². The monoisotopic (exact) mass is 461 g/mol. The maximum Gasteiger partial charge on any atom is 0.0772 e. The highest BCUT2D eigenvalue weighted by atomic mass is 32.2. The molecule has 6 aliphatic rings. The topological polar surface area (TPSA) is 39.1 Å². The molecule has 4 aliphatic carbocycles. The van der Waals surface area contributed by atoms with E-state index in [0.717, 1.165) is 55.6 Å². The molecule has 0 spiro atoms. The van der Waals surface area contributed by atoms with E-state index in [1.54, 1.807) is 0 Å². The molecule has 0 aromatic heterocycles. The molecule has 2 heterocycles. The van der Waals surface area contributed by atoms with Crippen LogP contribution in [0.15, 0.2) is 46.4 Å². The van der Waals surface area contributed by atoms with Crippen molar-refractivity contribution in [3.05, 3.63) is 36.4 Å². The lowest BCUT2D eigenvalue weighted by Crippen LogP contribution is -2.53. The van der Waals surface area contributed by atoms with Gasteiger partial charge in [-0.25, -0.2) is 0 Å². The average molecular weight is 462 g/mol. The Labute approximate surface area is 201 Å². The number of likely N-dealkylation sites (tertiary alicyclic amines) is 1. The average Bonchev–Trinajstić information content (AvgIpc) is 3.17. The van der Waals surface area contributed by atoms with Crippen molar-refractivity contribution in [2.75, 3.05) is 30.5 Å². The second kappa shape index (κ2) is 7.91. The predicted molar refractivity (Wildman–Crippen MR) is 136 cm³/mol. The first-order valence-electron chi connectivity index (χ1n) is 13.1. The Hall–Kier alpha value is -1.72. The summed E-state index contributed by atoms with van der Waals surface area (Å²) in [4.78, 5) is 3.98. The first kappa shape index (κ1) is 20.6. The van der Waals surface area contributed by atoms with Crippen LogP contribution in [0.3, 0.4) is 0 Å². The maximum absolute atomic E-state index is 10.1. The van der Waals surface area contributed by atoms with Crippen molar-refractivity contribution in [1.82, 2.24) is 4.90 Å². The zero-order chi connectivity index (χ0) is 22.0. The fourth-order valence-corrected chi connectivity index (χ4v) is 9.64. The summed E-state index contributed by atoms with van der Waals surface area (Å²) in [5.41, 5.74) is 2.74. The van der Waals surface area contributed by atoms with Gasteiger partial charge in [0.2, 0.25) is 0 Å².